The lowest BCUT2D eigenvalue weighted by Gasteiger charge is -2.04. The van der Waals surface area contributed by atoms with Crippen LogP contribution in [-0.2, 0) is 16.1 Å². The van der Waals surface area contributed by atoms with E-state index < -0.39 is 0 Å². The molecule has 132 valence electrons. The number of ether oxygens (including phenoxy) is 1. The Morgan fingerprint density at radius 1 is 1.36 bits per heavy atom. The summed E-state index contributed by atoms with van der Waals surface area (Å²) in [6.07, 6.45) is 2.39. The maximum absolute atomic E-state index is 12.1. The van der Waals surface area contributed by atoms with Crippen molar-refractivity contribution < 1.29 is 9.53 Å². The van der Waals surface area contributed by atoms with Crippen LogP contribution in [0.3, 0.4) is 0 Å². The molecule has 1 aromatic carbocycles. The Balaban J connectivity index is 2.07. The first-order valence-electron chi connectivity index (χ1n) is 8.69. The fourth-order valence-corrected chi connectivity index (χ4v) is 2.88. The standard InChI is InChI=1S/C19H24N4O2/c1-4-5-10-23-19-15(18(22-23)20-16(24)9-11-25-3)12-14-8-6-7-13(2)17(14)21-19/h6-8,12H,4-5,9-11H2,1-3H3,(H,20,22,24). The maximum Gasteiger partial charge on any atom is 0.227 e. The molecule has 0 saturated carbocycles. The van der Waals surface area contributed by atoms with Crippen LogP contribution in [0.25, 0.3) is 21.9 Å². The number of rotatable bonds is 7. The molecule has 6 nitrogen and oxygen atoms in total. The molecule has 25 heavy (non-hydrogen) atoms. The number of anilines is 1. The van der Waals surface area contributed by atoms with Gasteiger partial charge in [-0.3, -0.25) is 4.79 Å². The molecule has 0 spiro atoms. The number of unbranched alkanes of at least 4 members (excludes halogenated alkanes) is 1. The molecule has 0 saturated heterocycles. The Morgan fingerprint density at radius 2 is 2.20 bits per heavy atom. The topological polar surface area (TPSA) is 69.0 Å². The second-order valence-electron chi connectivity index (χ2n) is 6.22. The van der Waals surface area contributed by atoms with E-state index in [4.69, 9.17) is 9.72 Å². The monoisotopic (exact) mass is 340 g/mol. The Morgan fingerprint density at radius 3 is 2.96 bits per heavy atom. The summed E-state index contributed by atoms with van der Waals surface area (Å²) in [4.78, 5) is 16.9. The summed E-state index contributed by atoms with van der Waals surface area (Å²) >= 11 is 0. The van der Waals surface area contributed by atoms with Gasteiger partial charge in [0.15, 0.2) is 11.5 Å². The van der Waals surface area contributed by atoms with Gasteiger partial charge in [-0.2, -0.15) is 5.10 Å². The largest absolute Gasteiger partial charge is 0.384 e. The van der Waals surface area contributed by atoms with Crippen LogP contribution in [0.2, 0.25) is 0 Å². The van der Waals surface area contributed by atoms with Gasteiger partial charge in [0.25, 0.3) is 0 Å². The zero-order chi connectivity index (χ0) is 17.8. The molecule has 0 radical (unpaired) electrons. The van der Waals surface area contributed by atoms with Crippen LogP contribution >= 0.6 is 0 Å². The molecule has 0 aliphatic carbocycles. The van der Waals surface area contributed by atoms with Crippen molar-refractivity contribution in [3.63, 3.8) is 0 Å². The third kappa shape index (κ3) is 3.64. The summed E-state index contributed by atoms with van der Waals surface area (Å²) in [6.45, 7) is 5.37. The molecule has 0 aliphatic heterocycles. The Hall–Kier alpha value is -2.47. The second kappa shape index (κ2) is 7.61. The van der Waals surface area contributed by atoms with Crippen molar-refractivity contribution in [3.8, 4) is 0 Å². The Labute approximate surface area is 147 Å². The van der Waals surface area contributed by atoms with E-state index in [1.807, 2.05) is 16.8 Å². The maximum atomic E-state index is 12.1. The molecular formula is C19H24N4O2. The highest BCUT2D eigenvalue weighted by Crippen LogP contribution is 2.27. The van der Waals surface area contributed by atoms with Gasteiger partial charge < -0.3 is 10.1 Å². The van der Waals surface area contributed by atoms with Crippen LogP contribution in [0.4, 0.5) is 5.82 Å². The van der Waals surface area contributed by atoms with E-state index in [1.54, 1.807) is 7.11 Å². The SMILES string of the molecule is CCCCn1nc(NC(=O)CCOC)c2cc3cccc(C)c3nc21. The number of hydrogen-bond acceptors (Lipinski definition) is 4. The van der Waals surface area contributed by atoms with Gasteiger partial charge in [-0.15, -0.1) is 0 Å². The number of fused-ring (bicyclic) bond motifs is 2. The average Bonchev–Trinajstić information content (AvgIpc) is 2.94. The van der Waals surface area contributed by atoms with Crippen molar-refractivity contribution in [1.29, 1.82) is 0 Å². The third-order valence-corrected chi connectivity index (χ3v) is 4.26. The summed E-state index contributed by atoms with van der Waals surface area (Å²) < 4.78 is 6.87. The van der Waals surface area contributed by atoms with E-state index in [-0.39, 0.29) is 5.91 Å². The third-order valence-electron chi connectivity index (χ3n) is 4.26. The molecule has 0 bridgehead atoms. The minimum atomic E-state index is -0.103. The van der Waals surface area contributed by atoms with Gasteiger partial charge >= 0.3 is 0 Å². The molecule has 2 aromatic heterocycles. The molecule has 1 amide bonds. The first-order valence-corrected chi connectivity index (χ1v) is 8.69. The summed E-state index contributed by atoms with van der Waals surface area (Å²) in [6, 6.07) is 8.17. The van der Waals surface area contributed by atoms with Gasteiger partial charge in [-0.25, -0.2) is 9.67 Å². The average molecular weight is 340 g/mol. The summed E-state index contributed by atoms with van der Waals surface area (Å²) in [5, 5.41) is 9.44. The fourth-order valence-electron chi connectivity index (χ4n) is 2.88. The smallest absolute Gasteiger partial charge is 0.227 e. The highest BCUT2D eigenvalue weighted by Gasteiger charge is 2.15. The highest BCUT2D eigenvalue weighted by atomic mass is 16.5. The van der Waals surface area contributed by atoms with Gasteiger partial charge in [0.1, 0.15) is 0 Å². The van der Waals surface area contributed by atoms with Crippen molar-refractivity contribution >= 4 is 33.7 Å². The zero-order valence-electron chi connectivity index (χ0n) is 15.0. The molecular weight excluding hydrogens is 316 g/mol. The number of nitrogens with one attached hydrogen (secondary N) is 1. The van der Waals surface area contributed by atoms with E-state index in [0.717, 1.165) is 46.9 Å². The van der Waals surface area contributed by atoms with Crippen LogP contribution in [-0.4, -0.2) is 34.4 Å². The number of aryl methyl sites for hydroxylation is 2. The first kappa shape index (κ1) is 17.4. The number of carbonyl (C=O) groups is 1. The van der Waals surface area contributed by atoms with Crippen molar-refractivity contribution in [1.82, 2.24) is 14.8 Å². The predicted octanol–water partition coefficient (Wildman–Crippen LogP) is 3.67. The number of hydrogen-bond donors (Lipinski definition) is 1. The number of amides is 1. The van der Waals surface area contributed by atoms with Crippen LogP contribution in [0.15, 0.2) is 24.3 Å². The molecule has 0 fully saturated rings. The van der Waals surface area contributed by atoms with E-state index in [2.05, 4.69) is 36.4 Å². The van der Waals surface area contributed by atoms with Crippen molar-refractivity contribution in [2.24, 2.45) is 0 Å². The second-order valence-corrected chi connectivity index (χ2v) is 6.22. The number of pyridine rings is 1. The molecule has 3 rings (SSSR count). The minimum absolute atomic E-state index is 0.103. The Bertz CT molecular complexity index is 901. The van der Waals surface area contributed by atoms with Crippen LogP contribution in [0.1, 0.15) is 31.7 Å². The normalized spacial score (nSPS) is 11.3. The quantitative estimate of drug-likeness (QED) is 0.712. The van der Waals surface area contributed by atoms with Gasteiger partial charge in [0.05, 0.1) is 23.9 Å². The Kier molecular flexibility index (Phi) is 5.28. The zero-order valence-corrected chi connectivity index (χ0v) is 15.0. The summed E-state index contributed by atoms with van der Waals surface area (Å²) in [7, 11) is 1.58. The molecule has 3 aromatic rings. The lowest BCUT2D eigenvalue weighted by Crippen LogP contribution is -2.14. The molecule has 0 aliphatic rings. The number of benzene rings is 1. The minimum Gasteiger partial charge on any atom is -0.384 e. The molecule has 0 atom stereocenters. The number of nitrogens with zero attached hydrogens (tertiary/aromatic N) is 3. The van der Waals surface area contributed by atoms with Gasteiger partial charge in [0.2, 0.25) is 5.91 Å². The van der Waals surface area contributed by atoms with E-state index in [0.29, 0.717) is 18.8 Å². The number of aromatic nitrogens is 3. The van der Waals surface area contributed by atoms with Crippen LogP contribution in [0, 0.1) is 6.92 Å². The lowest BCUT2D eigenvalue weighted by molar-refractivity contribution is -0.117. The van der Waals surface area contributed by atoms with E-state index >= 15 is 0 Å². The van der Waals surface area contributed by atoms with E-state index in [1.165, 1.54) is 0 Å². The molecule has 2 heterocycles. The van der Waals surface area contributed by atoms with Gasteiger partial charge in [-0.1, -0.05) is 31.5 Å². The molecule has 6 heteroatoms. The summed E-state index contributed by atoms with van der Waals surface area (Å²) in [5.41, 5.74) is 2.93. The summed E-state index contributed by atoms with van der Waals surface area (Å²) in [5.74, 6) is 0.469. The fraction of sp³-hybridized carbons (Fsp3) is 0.421. The number of carbonyl (C=O) groups excluding carboxylic acids is 1. The van der Waals surface area contributed by atoms with Crippen molar-refractivity contribution in [3.05, 3.63) is 29.8 Å². The lowest BCUT2D eigenvalue weighted by atomic mass is 10.1. The molecule has 1 N–H and O–H groups in total. The van der Waals surface area contributed by atoms with Crippen molar-refractivity contribution in [2.45, 2.75) is 39.7 Å². The van der Waals surface area contributed by atoms with Gasteiger partial charge in [-0.05, 0) is 25.0 Å². The number of para-hydroxylation sites is 1. The first-order chi connectivity index (χ1) is 12.1. The van der Waals surface area contributed by atoms with E-state index in [9.17, 15) is 4.79 Å². The van der Waals surface area contributed by atoms with Crippen molar-refractivity contribution in [2.75, 3.05) is 19.0 Å². The number of methoxy groups -OCH3 is 1. The molecule has 0 unspecified atom stereocenters. The van der Waals surface area contributed by atoms with Gasteiger partial charge in [0, 0.05) is 19.0 Å². The highest BCUT2D eigenvalue weighted by molar-refractivity contribution is 6.03. The van der Waals surface area contributed by atoms with Crippen LogP contribution < -0.4 is 5.32 Å². The van der Waals surface area contributed by atoms with Crippen LogP contribution in [0.5, 0.6) is 0 Å². The predicted molar refractivity (Wildman–Crippen MR) is 99.8 cm³/mol.